The van der Waals surface area contributed by atoms with Gasteiger partial charge in [0, 0.05) is 43.3 Å². The quantitative estimate of drug-likeness (QED) is 0.641. The van der Waals surface area contributed by atoms with E-state index >= 15 is 0 Å². The number of halogens is 4. The summed E-state index contributed by atoms with van der Waals surface area (Å²) in [6.07, 6.45) is -3.25. The molecular formula is C20H19ClF3NO5S. The van der Waals surface area contributed by atoms with Crippen molar-refractivity contribution < 1.29 is 35.9 Å². The topological polar surface area (TPSA) is 72.9 Å². The van der Waals surface area contributed by atoms with Gasteiger partial charge in [0.05, 0.1) is 10.5 Å². The molecule has 0 saturated carbocycles. The molecule has 0 unspecified atom stereocenters. The SMILES string of the molecule is CS(=O)(=O)c1cc(Cl)ccc1C(=O)N1CCC(Oc2cccc(OC(F)(F)F)c2)CC1. The van der Waals surface area contributed by atoms with Crippen LogP contribution in [0.5, 0.6) is 11.5 Å². The molecule has 1 fully saturated rings. The number of hydrogen-bond acceptors (Lipinski definition) is 5. The van der Waals surface area contributed by atoms with Crippen LogP contribution < -0.4 is 9.47 Å². The van der Waals surface area contributed by atoms with Gasteiger partial charge in [0.15, 0.2) is 9.84 Å². The van der Waals surface area contributed by atoms with E-state index in [1.807, 2.05) is 0 Å². The first kappa shape index (κ1) is 23.2. The van der Waals surface area contributed by atoms with Crippen molar-refractivity contribution in [3.8, 4) is 11.5 Å². The molecule has 0 atom stereocenters. The molecule has 2 aromatic carbocycles. The molecule has 1 heterocycles. The van der Waals surface area contributed by atoms with Crippen LogP contribution in [0.2, 0.25) is 5.02 Å². The summed E-state index contributed by atoms with van der Waals surface area (Å²) >= 11 is 5.88. The molecule has 3 rings (SSSR count). The van der Waals surface area contributed by atoms with Gasteiger partial charge < -0.3 is 14.4 Å². The highest BCUT2D eigenvalue weighted by Gasteiger charge is 2.31. The zero-order valence-corrected chi connectivity index (χ0v) is 17.9. The fourth-order valence-electron chi connectivity index (χ4n) is 3.26. The number of rotatable bonds is 5. The lowest BCUT2D eigenvalue weighted by molar-refractivity contribution is -0.274. The molecule has 1 amide bonds. The Morgan fingerprint density at radius 3 is 2.35 bits per heavy atom. The van der Waals surface area contributed by atoms with Gasteiger partial charge in [-0.2, -0.15) is 0 Å². The molecule has 11 heteroatoms. The Balaban J connectivity index is 1.64. The van der Waals surface area contributed by atoms with Crippen molar-refractivity contribution in [1.29, 1.82) is 0 Å². The molecule has 168 valence electrons. The molecule has 6 nitrogen and oxygen atoms in total. The first-order valence-electron chi connectivity index (χ1n) is 9.24. The molecule has 31 heavy (non-hydrogen) atoms. The Labute approximate surface area is 182 Å². The highest BCUT2D eigenvalue weighted by Crippen LogP contribution is 2.28. The molecule has 1 aliphatic rings. The Morgan fingerprint density at radius 2 is 1.74 bits per heavy atom. The van der Waals surface area contributed by atoms with Crippen LogP contribution >= 0.6 is 11.6 Å². The molecule has 2 aromatic rings. The summed E-state index contributed by atoms with van der Waals surface area (Å²) < 4.78 is 70.8. The van der Waals surface area contributed by atoms with Crippen molar-refractivity contribution in [3.05, 3.63) is 53.1 Å². The van der Waals surface area contributed by atoms with Gasteiger partial charge in [-0.05, 0) is 30.3 Å². The van der Waals surface area contributed by atoms with Crippen molar-refractivity contribution in [1.82, 2.24) is 4.90 Å². The maximum absolute atomic E-state index is 12.9. The van der Waals surface area contributed by atoms with Crippen LogP contribution in [0.1, 0.15) is 23.2 Å². The fraction of sp³-hybridized carbons (Fsp3) is 0.350. The highest BCUT2D eigenvalue weighted by molar-refractivity contribution is 7.90. The number of hydrogen-bond donors (Lipinski definition) is 0. The van der Waals surface area contributed by atoms with Gasteiger partial charge in [0.2, 0.25) is 0 Å². The van der Waals surface area contributed by atoms with E-state index in [0.29, 0.717) is 25.9 Å². The van der Waals surface area contributed by atoms with Crippen LogP contribution in [0, 0.1) is 0 Å². The third-order valence-electron chi connectivity index (χ3n) is 4.64. The molecule has 0 spiro atoms. The third kappa shape index (κ3) is 6.27. The summed E-state index contributed by atoms with van der Waals surface area (Å²) in [5.41, 5.74) is 0.0447. The van der Waals surface area contributed by atoms with E-state index in [0.717, 1.165) is 12.3 Å². The van der Waals surface area contributed by atoms with E-state index < -0.39 is 22.1 Å². The number of alkyl halides is 3. The number of ether oxygens (including phenoxy) is 2. The van der Waals surface area contributed by atoms with Crippen LogP contribution in [-0.4, -0.2) is 51.0 Å². The van der Waals surface area contributed by atoms with Crippen LogP contribution in [0.25, 0.3) is 0 Å². The van der Waals surface area contributed by atoms with Gasteiger partial charge in [0.1, 0.15) is 17.6 Å². The zero-order chi connectivity index (χ0) is 22.8. The highest BCUT2D eigenvalue weighted by atomic mass is 35.5. The standard InChI is InChI=1S/C20H19ClF3NO5S/c1-31(27,28)18-11-13(21)5-6-17(18)19(26)25-9-7-14(8-10-25)29-15-3-2-4-16(12-15)30-20(22,23)24/h2-6,11-12,14H,7-10H2,1H3. The summed E-state index contributed by atoms with van der Waals surface area (Å²) in [4.78, 5) is 14.3. The Hall–Kier alpha value is -2.46. The molecule has 0 aromatic heterocycles. The summed E-state index contributed by atoms with van der Waals surface area (Å²) in [5.74, 6) is -0.589. The Bertz CT molecular complexity index is 1070. The largest absolute Gasteiger partial charge is 0.573 e. The van der Waals surface area contributed by atoms with Crippen LogP contribution in [0.4, 0.5) is 13.2 Å². The first-order valence-corrected chi connectivity index (χ1v) is 11.5. The lowest BCUT2D eigenvalue weighted by atomic mass is 10.1. The van der Waals surface area contributed by atoms with E-state index in [1.54, 1.807) is 0 Å². The van der Waals surface area contributed by atoms with Crippen molar-refractivity contribution >= 4 is 27.3 Å². The summed E-state index contributed by atoms with van der Waals surface area (Å²) in [6.45, 7) is 0.599. The van der Waals surface area contributed by atoms with Crippen molar-refractivity contribution in [2.45, 2.75) is 30.2 Å². The number of piperidine rings is 1. The minimum atomic E-state index is -4.79. The second kappa shape index (κ2) is 8.96. The van der Waals surface area contributed by atoms with E-state index in [-0.39, 0.29) is 33.1 Å². The number of carbonyl (C=O) groups excluding carboxylic acids is 1. The predicted molar refractivity (Wildman–Crippen MR) is 107 cm³/mol. The second-order valence-corrected chi connectivity index (χ2v) is 9.47. The van der Waals surface area contributed by atoms with E-state index in [4.69, 9.17) is 16.3 Å². The van der Waals surface area contributed by atoms with Gasteiger partial charge in [-0.3, -0.25) is 4.79 Å². The van der Waals surface area contributed by atoms with Crippen molar-refractivity contribution in [2.24, 2.45) is 0 Å². The average molecular weight is 478 g/mol. The molecular weight excluding hydrogens is 459 g/mol. The van der Waals surface area contributed by atoms with E-state index in [9.17, 15) is 26.4 Å². The number of nitrogens with zero attached hydrogens (tertiary/aromatic N) is 1. The summed E-state index contributed by atoms with van der Waals surface area (Å²) in [5, 5.41) is 0.209. The Kier molecular flexibility index (Phi) is 6.70. The minimum Gasteiger partial charge on any atom is -0.490 e. The predicted octanol–water partition coefficient (Wildman–Crippen LogP) is 4.33. The molecule has 0 N–H and O–H groups in total. The van der Waals surface area contributed by atoms with Gasteiger partial charge in [-0.25, -0.2) is 8.42 Å². The number of benzene rings is 2. The maximum atomic E-state index is 12.9. The monoisotopic (exact) mass is 477 g/mol. The Morgan fingerprint density at radius 1 is 1.10 bits per heavy atom. The number of carbonyl (C=O) groups is 1. The fourth-order valence-corrected chi connectivity index (χ4v) is 4.40. The van der Waals surface area contributed by atoms with Gasteiger partial charge >= 0.3 is 6.36 Å². The lowest BCUT2D eigenvalue weighted by Crippen LogP contribution is -2.42. The molecule has 0 bridgehead atoms. The van der Waals surface area contributed by atoms with E-state index in [2.05, 4.69) is 4.74 Å². The molecule has 0 radical (unpaired) electrons. The van der Waals surface area contributed by atoms with Crippen molar-refractivity contribution in [3.63, 3.8) is 0 Å². The second-order valence-electron chi connectivity index (χ2n) is 7.04. The minimum absolute atomic E-state index is 0.0447. The smallest absolute Gasteiger partial charge is 0.490 e. The lowest BCUT2D eigenvalue weighted by Gasteiger charge is -2.32. The first-order chi connectivity index (χ1) is 14.4. The van der Waals surface area contributed by atoms with Gasteiger partial charge in [-0.15, -0.1) is 13.2 Å². The van der Waals surface area contributed by atoms with Gasteiger partial charge in [-0.1, -0.05) is 17.7 Å². The van der Waals surface area contributed by atoms with E-state index in [1.165, 1.54) is 41.3 Å². The number of amides is 1. The normalized spacial score (nSPS) is 15.6. The summed E-state index contributed by atoms with van der Waals surface area (Å²) in [6, 6.07) is 9.32. The molecule has 0 aliphatic carbocycles. The molecule has 1 saturated heterocycles. The maximum Gasteiger partial charge on any atom is 0.573 e. The van der Waals surface area contributed by atoms with Gasteiger partial charge in [0.25, 0.3) is 5.91 Å². The zero-order valence-electron chi connectivity index (χ0n) is 16.4. The van der Waals surface area contributed by atoms with Crippen molar-refractivity contribution in [2.75, 3.05) is 19.3 Å². The average Bonchev–Trinajstić information content (AvgIpc) is 2.66. The van der Waals surface area contributed by atoms with Crippen LogP contribution in [0.15, 0.2) is 47.4 Å². The summed E-state index contributed by atoms with van der Waals surface area (Å²) in [7, 11) is -3.66. The van der Waals surface area contributed by atoms with Crippen LogP contribution in [0.3, 0.4) is 0 Å². The number of likely N-dealkylation sites (tertiary alicyclic amines) is 1. The molecule has 1 aliphatic heterocycles. The van der Waals surface area contributed by atoms with Crippen LogP contribution in [-0.2, 0) is 9.84 Å². The number of sulfone groups is 1. The third-order valence-corrected chi connectivity index (χ3v) is 6.02.